The van der Waals surface area contributed by atoms with E-state index in [2.05, 4.69) is 66.6 Å². The van der Waals surface area contributed by atoms with Crippen molar-refractivity contribution in [1.29, 1.82) is 0 Å². The van der Waals surface area contributed by atoms with E-state index in [0.717, 1.165) is 53.3 Å². The Kier molecular flexibility index (Phi) is 7.58. The Labute approximate surface area is 207 Å². The number of pyridine rings is 1. The minimum absolute atomic E-state index is 0. The molecule has 0 bridgehead atoms. The van der Waals surface area contributed by atoms with Gasteiger partial charge in [0.1, 0.15) is 5.82 Å². The molecule has 4 heterocycles. The third kappa shape index (κ3) is 5.21. The molecular weight excluding hydrogens is 507 g/mol. The molecule has 1 saturated heterocycles. The van der Waals surface area contributed by atoms with Crippen LogP contribution in [0.25, 0.3) is 5.65 Å². The van der Waals surface area contributed by atoms with Gasteiger partial charge in [0.25, 0.3) is 0 Å². The molecule has 1 fully saturated rings. The molecule has 5 rings (SSSR count). The van der Waals surface area contributed by atoms with Gasteiger partial charge in [-0.05, 0) is 46.9 Å². The van der Waals surface area contributed by atoms with Crippen LogP contribution in [0.2, 0.25) is 0 Å². The van der Waals surface area contributed by atoms with Crippen LogP contribution < -0.4 is 5.32 Å². The molecule has 0 saturated carbocycles. The molecule has 6 nitrogen and oxygen atoms in total. The van der Waals surface area contributed by atoms with Gasteiger partial charge in [0.15, 0.2) is 5.65 Å². The van der Waals surface area contributed by atoms with Gasteiger partial charge in [-0.25, -0.2) is 4.98 Å². The molecule has 1 aliphatic heterocycles. The second-order valence-electron chi connectivity index (χ2n) is 7.97. The Morgan fingerprint density at radius 3 is 2.94 bits per heavy atom. The van der Waals surface area contributed by atoms with Gasteiger partial charge in [0, 0.05) is 61.1 Å². The first-order chi connectivity index (χ1) is 15.3. The van der Waals surface area contributed by atoms with E-state index < -0.39 is 0 Å². The third-order valence-corrected chi connectivity index (χ3v) is 6.30. The predicted octanol–water partition coefficient (Wildman–Crippen LogP) is 4.68. The average molecular weight is 531 g/mol. The van der Waals surface area contributed by atoms with Crippen molar-refractivity contribution in [1.82, 2.24) is 24.5 Å². The molecule has 4 aromatic rings. The second-order valence-corrected chi connectivity index (χ2v) is 8.83. The summed E-state index contributed by atoms with van der Waals surface area (Å²) in [4.78, 5) is 11.7. The monoisotopic (exact) mass is 530 g/mol. The summed E-state index contributed by atoms with van der Waals surface area (Å²) < 4.78 is 2.77. The van der Waals surface area contributed by atoms with E-state index in [1.165, 1.54) is 12.0 Å². The standard InChI is InChI=1S/C24H24BrN6.Mn/c25-21-15-28-31-23(27-14-19-8-4-10-26-13-19)12-22(29-24(21)31)20-9-5-11-30(17-20)16-18-6-2-1-3-7-18;/h1-4,6,8,10,12-13,15,20,27H,5,9,11,14,16-17H2;/q-1;. The summed E-state index contributed by atoms with van der Waals surface area (Å²) in [6.45, 7) is 3.73. The molecule has 32 heavy (non-hydrogen) atoms. The number of benzene rings is 1. The summed E-state index contributed by atoms with van der Waals surface area (Å²) in [6, 6.07) is 17.8. The van der Waals surface area contributed by atoms with Gasteiger partial charge in [-0.1, -0.05) is 6.07 Å². The number of likely N-dealkylation sites (tertiary alicyclic amines) is 1. The molecule has 0 amide bonds. The van der Waals surface area contributed by atoms with Crippen LogP contribution in [0.5, 0.6) is 0 Å². The molecule has 165 valence electrons. The van der Waals surface area contributed by atoms with Crippen molar-refractivity contribution < 1.29 is 17.1 Å². The number of aromatic nitrogens is 4. The number of nitrogens with zero attached hydrogens (tertiary/aromatic N) is 5. The Morgan fingerprint density at radius 1 is 1.19 bits per heavy atom. The van der Waals surface area contributed by atoms with E-state index in [4.69, 9.17) is 4.98 Å². The zero-order chi connectivity index (χ0) is 21.0. The topological polar surface area (TPSA) is 58.4 Å². The van der Waals surface area contributed by atoms with E-state index in [1.54, 1.807) is 12.4 Å². The van der Waals surface area contributed by atoms with Crippen LogP contribution in [0, 0.1) is 6.07 Å². The first-order valence-corrected chi connectivity index (χ1v) is 11.4. The van der Waals surface area contributed by atoms with Crippen molar-refractivity contribution in [3.8, 4) is 0 Å². The molecule has 0 aliphatic carbocycles. The molecule has 3 aromatic heterocycles. The predicted molar refractivity (Wildman–Crippen MR) is 125 cm³/mol. The fourth-order valence-corrected chi connectivity index (χ4v) is 4.54. The van der Waals surface area contributed by atoms with Crippen LogP contribution in [-0.4, -0.2) is 37.6 Å². The molecule has 1 atom stereocenters. The Hall–Kier alpha value is -2.25. The summed E-state index contributed by atoms with van der Waals surface area (Å²) in [7, 11) is 0. The van der Waals surface area contributed by atoms with Crippen molar-refractivity contribution in [3.05, 3.63) is 88.4 Å². The van der Waals surface area contributed by atoms with E-state index in [1.807, 2.05) is 28.9 Å². The van der Waals surface area contributed by atoms with E-state index >= 15 is 0 Å². The van der Waals surface area contributed by atoms with Gasteiger partial charge in [-0.15, -0.1) is 5.56 Å². The van der Waals surface area contributed by atoms with Crippen LogP contribution in [0.4, 0.5) is 5.82 Å². The number of anilines is 1. The Morgan fingerprint density at radius 2 is 2.12 bits per heavy atom. The van der Waals surface area contributed by atoms with Gasteiger partial charge in [-0.3, -0.25) is 4.98 Å². The maximum atomic E-state index is 4.98. The van der Waals surface area contributed by atoms with Crippen molar-refractivity contribution >= 4 is 27.4 Å². The minimum atomic E-state index is 0. The summed E-state index contributed by atoms with van der Waals surface area (Å²) in [6.07, 6.45) is 7.79. The van der Waals surface area contributed by atoms with Gasteiger partial charge in [0.05, 0.1) is 16.4 Å². The number of rotatable bonds is 6. The summed E-state index contributed by atoms with van der Waals surface area (Å²) >= 11 is 3.61. The summed E-state index contributed by atoms with van der Waals surface area (Å²) in [5, 5.41) is 8.03. The maximum absolute atomic E-state index is 4.98. The third-order valence-electron chi connectivity index (χ3n) is 5.74. The maximum Gasteiger partial charge on any atom is 0.171 e. The molecule has 1 radical (unpaired) electrons. The quantitative estimate of drug-likeness (QED) is 0.290. The number of halogens is 1. The largest absolute Gasteiger partial charge is 0.366 e. The van der Waals surface area contributed by atoms with Crippen LogP contribution in [-0.2, 0) is 30.2 Å². The van der Waals surface area contributed by atoms with Crippen LogP contribution in [0.15, 0.2) is 65.5 Å². The average Bonchev–Trinajstić information content (AvgIpc) is 3.20. The molecular formula is C24H24BrMnN6-. The van der Waals surface area contributed by atoms with Crippen molar-refractivity contribution in [3.63, 3.8) is 0 Å². The summed E-state index contributed by atoms with van der Waals surface area (Å²) in [5.41, 5.74) is 4.33. The number of hydrogen-bond donors (Lipinski definition) is 1. The van der Waals surface area contributed by atoms with Crippen LogP contribution in [0.1, 0.15) is 35.6 Å². The smallest absolute Gasteiger partial charge is 0.171 e. The van der Waals surface area contributed by atoms with Crippen LogP contribution in [0.3, 0.4) is 0 Å². The van der Waals surface area contributed by atoms with Gasteiger partial charge in [-0.2, -0.15) is 39.9 Å². The number of nitrogens with one attached hydrogen (secondary N) is 1. The number of piperidine rings is 1. The van der Waals surface area contributed by atoms with E-state index in [-0.39, 0.29) is 17.1 Å². The van der Waals surface area contributed by atoms with Gasteiger partial charge in [0.2, 0.25) is 0 Å². The molecule has 1 unspecified atom stereocenters. The summed E-state index contributed by atoms with van der Waals surface area (Å²) in [5.74, 6) is 1.34. The van der Waals surface area contributed by atoms with Gasteiger partial charge < -0.3 is 10.2 Å². The molecule has 8 heteroatoms. The van der Waals surface area contributed by atoms with E-state index in [0.29, 0.717) is 12.5 Å². The first kappa shape index (κ1) is 22.9. The zero-order valence-electron chi connectivity index (χ0n) is 17.6. The Balaban J connectivity index is 0.00000245. The molecule has 1 aromatic carbocycles. The molecule has 1 N–H and O–H groups in total. The fourth-order valence-electron chi connectivity index (χ4n) is 4.20. The zero-order valence-corrected chi connectivity index (χ0v) is 20.4. The van der Waals surface area contributed by atoms with Crippen molar-refractivity contribution in [2.75, 3.05) is 18.4 Å². The fraction of sp³-hybridized carbons (Fsp3) is 0.292. The minimum Gasteiger partial charge on any atom is -0.366 e. The van der Waals surface area contributed by atoms with Crippen molar-refractivity contribution in [2.24, 2.45) is 0 Å². The normalized spacial score (nSPS) is 16.6. The second kappa shape index (κ2) is 10.6. The number of hydrogen-bond acceptors (Lipinski definition) is 5. The molecule has 0 spiro atoms. The molecule has 1 aliphatic rings. The SMILES string of the molecule is Brc1cnn2c(NCc3cccnc3)cc(C3CCCN(Cc4[c-]cccc4)C3)nc12.[Mn]. The first-order valence-electron chi connectivity index (χ1n) is 10.6. The van der Waals surface area contributed by atoms with Crippen molar-refractivity contribution in [2.45, 2.75) is 31.8 Å². The van der Waals surface area contributed by atoms with E-state index in [9.17, 15) is 0 Å². The van der Waals surface area contributed by atoms with Gasteiger partial charge >= 0.3 is 0 Å². The van der Waals surface area contributed by atoms with Crippen LogP contribution >= 0.6 is 15.9 Å². The number of fused-ring (bicyclic) bond motifs is 1. The Bertz CT molecular complexity index is 1150.